The minimum Gasteiger partial charge on any atom is -0.143 e. The summed E-state index contributed by atoms with van der Waals surface area (Å²) in [6.07, 6.45) is 1.74. The molecule has 0 atom stereocenters. The normalized spacial score (nSPS) is 9.50. The monoisotopic (exact) mass is 73.0 g/mol. The highest BCUT2D eigenvalue weighted by Gasteiger charge is 1.37. The Morgan fingerprint density at radius 2 is 2.25 bits per heavy atom. The van der Waals surface area contributed by atoms with Crippen LogP contribution >= 0.6 is 12.6 Å². The molecule has 0 aliphatic carbocycles. The van der Waals surface area contributed by atoms with Crippen LogP contribution in [0.15, 0.2) is 6.08 Å². The molecule has 0 fully saturated rings. The van der Waals surface area contributed by atoms with Gasteiger partial charge in [-0.15, -0.1) is 12.6 Å². The van der Waals surface area contributed by atoms with Gasteiger partial charge in [-0.05, 0) is 6.92 Å². The van der Waals surface area contributed by atoms with Crippen LogP contribution in [0.2, 0.25) is 0 Å². The zero-order chi connectivity index (χ0) is 3.41. The molecule has 0 bridgehead atoms. The van der Waals surface area contributed by atoms with Gasteiger partial charge in [-0.3, -0.25) is 0 Å². The van der Waals surface area contributed by atoms with Gasteiger partial charge in [0.05, 0.1) is 0 Å². The Kier molecular flexibility index (Phi) is 3.16. The third-order valence-corrected chi connectivity index (χ3v) is 0.387. The van der Waals surface area contributed by atoms with Gasteiger partial charge in [0.2, 0.25) is 0 Å². The summed E-state index contributed by atoms with van der Waals surface area (Å²) in [6.45, 7) is 1.87. The number of hydrogen-bond acceptors (Lipinski definition) is 1. The first-order valence-corrected chi connectivity index (χ1v) is 1.54. The van der Waals surface area contributed by atoms with Gasteiger partial charge in [0, 0.05) is 5.41 Å². The molecule has 1 heteroatoms. The van der Waals surface area contributed by atoms with Crippen LogP contribution in [0, 0.1) is 5.41 Å². The molecule has 0 heterocycles. The highest BCUT2D eigenvalue weighted by molar-refractivity contribution is 7.82. The number of rotatable bonds is 0. The van der Waals surface area contributed by atoms with Gasteiger partial charge in [-0.2, -0.15) is 0 Å². The fourth-order valence-electron chi connectivity index (χ4n) is 0. The van der Waals surface area contributed by atoms with Crippen molar-refractivity contribution >= 4 is 12.6 Å². The molecular weight excluding hydrogens is 68.1 g/mol. The molecular formula is C3H5S. The van der Waals surface area contributed by atoms with Gasteiger partial charge < -0.3 is 0 Å². The first kappa shape index (κ1) is 4.09. The van der Waals surface area contributed by atoms with Crippen molar-refractivity contribution in [2.75, 3.05) is 0 Å². The molecule has 0 saturated heterocycles. The molecule has 0 spiro atoms. The first-order chi connectivity index (χ1) is 1.91. The first-order valence-electron chi connectivity index (χ1n) is 1.09. The maximum Gasteiger partial charge on any atom is 0.0128 e. The van der Waals surface area contributed by atoms with E-state index in [-0.39, 0.29) is 0 Å². The Bertz CT molecular complexity index is 18.5. The lowest BCUT2D eigenvalue weighted by Gasteiger charge is -1.47. The fraction of sp³-hybridized carbons (Fsp3) is 0.333. The van der Waals surface area contributed by atoms with E-state index in [0.29, 0.717) is 0 Å². The van der Waals surface area contributed by atoms with E-state index in [1.807, 2.05) is 6.92 Å². The standard InChI is InChI=1S/C3H5S/c1-2-3-4/h2,4H,1H3. The van der Waals surface area contributed by atoms with Gasteiger partial charge in [-0.25, -0.2) is 0 Å². The molecule has 23 valence electrons. The van der Waals surface area contributed by atoms with Crippen molar-refractivity contribution in [3.63, 3.8) is 0 Å². The molecule has 0 amide bonds. The molecule has 0 rings (SSSR count). The predicted octanol–water partition coefficient (Wildman–Crippen LogP) is 1.25. The van der Waals surface area contributed by atoms with Gasteiger partial charge in [0.15, 0.2) is 0 Å². The quantitative estimate of drug-likeness (QED) is 0.410. The fourth-order valence-corrected chi connectivity index (χ4v) is 0. The Morgan fingerprint density at radius 3 is 2.25 bits per heavy atom. The number of hydrogen-bond donors (Lipinski definition) is 1. The summed E-state index contributed by atoms with van der Waals surface area (Å²) in [7, 11) is 0. The SMILES string of the molecule is C/C=[C]/S. The van der Waals surface area contributed by atoms with Crippen molar-refractivity contribution in [2.24, 2.45) is 0 Å². The highest BCUT2D eigenvalue weighted by Crippen LogP contribution is 1.66. The van der Waals surface area contributed by atoms with Crippen molar-refractivity contribution in [3.8, 4) is 0 Å². The van der Waals surface area contributed by atoms with Gasteiger partial charge in [0.25, 0.3) is 0 Å². The van der Waals surface area contributed by atoms with Crippen molar-refractivity contribution in [1.29, 1.82) is 0 Å². The van der Waals surface area contributed by atoms with Gasteiger partial charge in [-0.1, -0.05) is 6.08 Å². The average molecular weight is 73.1 g/mol. The molecule has 0 aliphatic rings. The molecule has 0 aromatic carbocycles. The minimum absolute atomic E-state index is 1.74. The van der Waals surface area contributed by atoms with Crippen LogP contribution in [0.3, 0.4) is 0 Å². The molecule has 0 aromatic heterocycles. The highest BCUT2D eigenvalue weighted by atomic mass is 32.1. The smallest absolute Gasteiger partial charge is 0.0128 e. The lowest BCUT2D eigenvalue weighted by Crippen LogP contribution is -1.22. The molecule has 4 heavy (non-hydrogen) atoms. The predicted molar refractivity (Wildman–Crippen MR) is 22.5 cm³/mol. The minimum atomic E-state index is 1.74. The summed E-state index contributed by atoms with van der Waals surface area (Å²) >= 11 is 3.61. The van der Waals surface area contributed by atoms with Crippen LogP contribution < -0.4 is 0 Å². The van der Waals surface area contributed by atoms with Crippen LogP contribution in [0.4, 0.5) is 0 Å². The lowest BCUT2D eigenvalue weighted by molar-refractivity contribution is 1.77. The second-order valence-corrected chi connectivity index (χ2v) is 0.676. The summed E-state index contributed by atoms with van der Waals surface area (Å²) in [4.78, 5) is 0. The topological polar surface area (TPSA) is 0 Å². The summed E-state index contributed by atoms with van der Waals surface area (Å²) in [5, 5.41) is 2.50. The van der Waals surface area contributed by atoms with Gasteiger partial charge >= 0.3 is 0 Å². The van der Waals surface area contributed by atoms with Crippen LogP contribution in [0.5, 0.6) is 0 Å². The molecule has 0 aromatic rings. The second-order valence-electron chi connectivity index (χ2n) is 0.418. The van der Waals surface area contributed by atoms with E-state index >= 15 is 0 Å². The zero-order valence-corrected chi connectivity index (χ0v) is 3.42. The molecule has 0 saturated carbocycles. The summed E-state index contributed by atoms with van der Waals surface area (Å²) in [5.74, 6) is 0. The van der Waals surface area contributed by atoms with Crippen molar-refractivity contribution in [2.45, 2.75) is 6.92 Å². The van der Waals surface area contributed by atoms with E-state index in [1.54, 1.807) is 6.08 Å². The lowest BCUT2D eigenvalue weighted by atomic mass is 10.8. The third-order valence-electron chi connectivity index (χ3n) is 0.129. The Morgan fingerprint density at radius 1 is 2.00 bits per heavy atom. The second kappa shape index (κ2) is 3.09. The number of thiol groups is 1. The Hall–Kier alpha value is 0.0900. The van der Waals surface area contributed by atoms with E-state index in [2.05, 4.69) is 18.0 Å². The van der Waals surface area contributed by atoms with Crippen molar-refractivity contribution in [1.82, 2.24) is 0 Å². The average Bonchev–Trinajstić information content (AvgIpc) is 1.37. The van der Waals surface area contributed by atoms with E-state index < -0.39 is 0 Å². The maximum atomic E-state index is 3.61. The maximum absolute atomic E-state index is 3.61. The third kappa shape index (κ3) is 2.09. The summed E-state index contributed by atoms with van der Waals surface area (Å²) in [5.41, 5.74) is 0. The molecule has 0 nitrogen and oxygen atoms in total. The molecule has 0 N–H and O–H groups in total. The summed E-state index contributed by atoms with van der Waals surface area (Å²) < 4.78 is 0. The van der Waals surface area contributed by atoms with E-state index in [9.17, 15) is 0 Å². The molecule has 1 radical (unpaired) electrons. The van der Waals surface area contributed by atoms with E-state index in [1.165, 1.54) is 0 Å². The van der Waals surface area contributed by atoms with Gasteiger partial charge in [0.1, 0.15) is 0 Å². The Balaban J connectivity index is 2.55. The van der Waals surface area contributed by atoms with Crippen molar-refractivity contribution < 1.29 is 0 Å². The van der Waals surface area contributed by atoms with E-state index in [0.717, 1.165) is 0 Å². The largest absolute Gasteiger partial charge is 0.143 e. The van der Waals surface area contributed by atoms with Crippen LogP contribution in [-0.4, -0.2) is 0 Å². The molecule has 0 aliphatic heterocycles. The zero-order valence-electron chi connectivity index (χ0n) is 2.52. The van der Waals surface area contributed by atoms with Crippen LogP contribution in [0.1, 0.15) is 6.92 Å². The van der Waals surface area contributed by atoms with Crippen molar-refractivity contribution in [3.05, 3.63) is 11.5 Å². The molecule has 0 unspecified atom stereocenters. The van der Waals surface area contributed by atoms with Crippen LogP contribution in [-0.2, 0) is 0 Å². The number of allylic oxidation sites excluding steroid dienone is 1. The van der Waals surface area contributed by atoms with Crippen LogP contribution in [0.25, 0.3) is 0 Å². The van der Waals surface area contributed by atoms with E-state index in [4.69, 9.17) is 0 Å². The Labute approximate surface area is 31.9 Å². The summed E-state index contributed by atoms with van der Waals surface area (Å²) in [6, 6.07) is 0.